The molecule has 1 saturated heterocycles. The molecule has 3 rings (SSSR count). The summed E-state index contributed by atoms with van der Waals surface area (Å²) in [7, 11) is 0. The van der Waals surface area contributed by atoms with Crippen LogP contribution in [0.15, 0.2) is 12.1 Å². The molecule has 0 spiro atoms. The van der Waals surface area contributed by atoms with E-state index in [1.165, 1.54) is 12.8 Å². The molecule has 130 valence electrons. The second-order valence-electron chi connectivity index (χ2n) is 7.04. The summed E-state index contributed by atoms with van der Waals surface area (Å²) in [4.78, 5) is 25.6. The zero-order valence-electron chi connectivity index (χ0n) is 14.3. The Morgan fingerprint density at radius 3 is 2.62 bits per heavy atom. The van der Waals surface area contributed by atoms with Gasteiger partial charge in [0.2, 0.25) is 5.91 Å². The van der Waals surface area contributed by atoms with E-state index in [-0.39, 0.29) is 11.8 Å². The zero-order chi connectivity index (χ0) is 16.9. The van der Waals surface area contributed by atoms with E-state index in [0.717, 1.165) is 50.9 Å². The average Bonchev–Trinajstić information content (AvgIpc) is 3.08. The number of carbonyl (C=O) groups excluding carboxylic acids is 2. The third-order valence-electron chi connectivity index (χ3n) is 5.10. The number of rotatable bonds is 4. The highest BCUT2D eigenvalue weighted by molar-refractivity contribution is 5.92. The lowest BCUT2D eigenvalue weighted by Crippen LogP contribution is -2.39. The summed E-state index contributed by atoms with van der Waals surface area (Å²) in [6.07, 6.45) is 7.45. The van der Waals surface area contributed by atoms with Crippen LogP contribution in [0.25, 0.3) is 0 Å². The van der Waals surface area contributed by atoms with Gasteiger partial charge in [-0.1, -0.05) is 12.8 Å². The van der Waals surface area contributed by atoms with Crippen LogP contribution in [0.5, 0.6) is 0 Å². The molecule has 24 heavy (non-hydrogen) atoms. The summed E-state index contributed by atoms with van der Waals surface area (Å²) in [6, 6.07) is 3.94. The van der Waals surface area contributed by atoms with Crippen LogP contribution in [0.4, 0.5) is 0 Å². The lowest BCUT2D eigenvalue weighted by molar-refractivity contribution is -0.130. The molecule has 1 aliphatic carbocycles. The molecule has 2 aliphatic rings. The Hall–Kier alpha value is -1.98. The summed E-state index contributed by atoms with van der Waals surface area (Å²) >= 11 is 0. The Kier molecular flexibility index (Phi) is 5.43. The Bertz CT molecular complexity index is 581. The van der Waals surface area contributed by atoms with Gasteiger partial charge in [0.1, 0.15) is 0 Å². The quantitative estimate of drug-likeness (QED) is 0.915. The maximum atomic E-state index is 12.2. The molecule has 1 aromatic heterocycles. The number of piperidine rings is 1. The Labute approximate surface area is 143 Å². The van der Waals surface area contributed by atoms with E-state index in [1.54, 1.807) is 13.0 Å². The molecule has 0 aromatic carbocycles. The minimum atomic E-state index is -0.124. The van der Waals surface area contributed by atoms with Gasteiger partial charge < -0.3 is 10.2 Å². The van der Waals surface area contributed by atoms with E-state index in [9.17, 15) is 9.59 Å². The maximum Gasteiger partial charge on any atom is 0.272 e. The minimum absolute atomic E-state index is 0.124. The molecule has 1 saturated carbocycles. The Balaban J connectivity index is 1.54. The molecule has 1 atom stereocenters. The zero-order valence-corrected chi connectivity index (χ0v) is 14.3. The molecule has 1 unspecified atom stereocenters. The van der Waals surface area contributed by atoms with E-state index in [0.29, 0.717) is 17.7 Å². The van der Waals surface area contributed by atoms with Gasteiger partial charge in [0.05, 0.1) is 5.69 Å². The molecule has 0 radical (unpaired) electrons. The SMILES string of the molecule is CC(=O)N1CCCC(Cc2ccc(C(=O)NC3CCCC3)nn2)C1. The number of amides is 2. The van der Waals surface area contributed by atoms with Crippen molar-refractivity contribution in [2.24, 2.45) is 5.92 Å². The summed E-state index contributed by atoms with van der Waals surface area (Å²) in [5, 5.41) is 11.4. The van der Waals surface area contributed by atoms with Crippen LogP contribution in [0.1, 0.15) is 61.6 Å². The minimum Gasteiger partial charge on any atom is -0.348 e. The number of aromatic nitrogens is 2. The Morgan fingerprint density at radius 2 is 1.96 bits per heavy atom. The molecular weight excluding hydrogens is 304 g/mol. The molecule has 1 aliphatic heterocycles. The lowest BCUT2D eigenvalue weighted by atomic mass is 9.93. The van der Waals surface area contributed by atoms with Crippen LogP contribution in [-0.2, 0) is 11.2 Å². The third-order valence-corrected chi connectivity index (χ3v) is 5.10. The molecule has 2 fully saturated rings. The molecule has 1 aromatic rings. The number of nitrogens with zero attached hydrogens (tertiary/aromatic N) is 3. The van der Waals surface area contributed by atoms with Gasteiger partial charge in [-0.15, -0.1) is 5.10 Å². The summed E-state index contributed by atoms with van der Waals surface area (Å²) in [6.45, 7) is 3.28. The first kappa shape index (κ1) is 16.9. The third kappa shape index (κ3) is 4.30. The highest BCUT2D eigenvalue weighted by Gasteiger charge is 2.23. The fourth-order valence-corrected chi connectivity index (χ4v) is 3.73. The van der Waals surface area contributed by atoms with Crippen LogP contribution >= 0.6 is 0 Å². The second kappa shape index (κ2) is 7.73. The molecule has 6 nitrogen and oxygen atoms in total. The summed E-state index contributed by atoms with van der Waals surface area (Å²) in [5.41, 5.74) is 1.28. The molecule has 2 heterocycles. The van der Waals surface area contributed by atoms with Crippen LogP contribution < -0.4 is 5.32 Å². The van der Waals surface area contributed by atoms with Crippen molar-refractivity contribution in [3.05, 3.63) is 23.5 Å². The van der Waals surface area contributed by atoms with Crippen molar-refractivity contribution in [2.75, 3.05) is 13.1 Å². The molecule has 1 N–H and O–H groups in total. The van der Waals surface area contributed by atoms with Gasteiger partial charge in [-0.2, -0.15) is 5.10 Å². The smallest absolute Gasteiger partial charge is 0.272 e. The average molecular weight is 330 g/mol. The van der Waals surface area contributed by atoms with Crippen molar-refractivity contribution in [1.82, 2.24) is 20.4 Å². The van der Waals surface area contributed by atoms with Crippen molar-refractivity contribution >= 4 is 11.8 Å². The standard InChI is InChI=1S/C18H26N4O2/c1-13(23)22-10-4-5-14(12-22)11-16-8-9-17(21-20-16)18(24)19-15-6-2-3-7-15/h8-9,14-15H,2-7,10-12H2,1H3,(H,19,24). The number of likely N-dealkylation sites (tertiary alicyclic amines) is 1. The van der Waals surface area contributed by atoms with Gasteiger partial charge in [-0.05, 0) is 50.2 Å². The van der Waals surface area contributed by atoms with Crippen LogP contribution in [-0.4, -0.2) is 46.0 Å². The van der Waals surface area contributed by atoms with E-state index in [1.807, 2.05) is 11.0 Å². The fourth-order valence-electron chi connectivity index (χ4n) is 3.73. The summed E-state index contributed by atoms with van der Waals surface area (Å²) < 4.78 is 0. The van der Waals surface area contributed by atoms with E-state index in [2.05, 4.69) is 15.5 Å². The van der Waals surface area contributed by atoms with Crippen molar-refractivity contribution < 1.29 is 9.59 Å². The van der Waals surface area contributed by atoms with Crippen LogP contribution in [0.3, 0.4) is 0 Å². The molecule has 0 bridgehead atoms. The van der Waals surface area contributed by atoms with Gasteiger partial charge >= 0.3 is 0 Å². The normalized spacial score (nSPS) is 21.7. The van der Waals surface area contributed by atoms with Crippen molar-refractivity contribution in [3.8, 4) is 0 Å². The maximum absolute atomic E-state index is 12.2. The van der Waals surface area contributed by atoms with Gasteiger partial charge in [0.15, 0.2) is 5.69 Å². The fraction of sp³-hybridized carbons (Fsp3) is 0.667. The van der Waals surface area contributed by atoms with E-state index < -0.39 is 0 Å². The van der Waals surface area contributed by atoms with Crippen molar-refractivity contribution in [3.63, 3.8) is 0 Å². The van der Waals surface area contributed by atoms with Crippen molar-refractivity contribution in [2.45, 2.75) is 57.9 Å². The Morgan fingerprint density at radius 1 is 1.17 bits per heavy atom. The number of hydrogen-bond donors (Lipinski definition) is 1. The van der Waals surface area contributed by atoms with Gasteiger partial charge in [-0.3, -0.25) is 9.59 Å². The molecule has 2 amide bonds. The first-order valence-corrected chi connectivity index (χ1v) is 9.01. The van der Waals surface area contributed by atoms with Gasteiger partial charge in [-0.25, -0.2) is 0 Å². The number of hydrogen-bond acceptors (Lipinski definition) is 4. The van der Waals surface area contributed by atoms with Crippen molar-refractivity contribution in [1.29, 1.82) is 0 Å². The largest absolute Gasteiger partial charge is 0.348 e. The first-order chi connectivity index (χ1) is 11.6. The van der Waals surface area contributed by atoms with Gasteiger partial charge in [0.25, 0.3) is 5.91 Å². The first-order valence-electron chi connectivity index (χ1n) is 9.01. The topological polar surface area (TPSA) is 75.2 Å². The number of carbonyl (C=O) groups is 2. The second-order valence-corrected chi connectivity index (χ2v) is 7.04. The molecular formula is C18H26N4O2. The highest BCUT2D eigenvalue weighted by Crippen LogP contribution is 2.20. The van der Waals surface area contributed by atoms with Crippen LogP contribution in [0, 0.1) is 5.92 Å². The monoisotopic (exact) mass is 330 g/mol. The van der Waals surface area contributed by atoms with E-state index in [4.69, 9.17) is 0 Å². The predicted molar refractivity (Wildman–Crippen MR) is 90.4 cm³/mol. The molecule has 6 heteroatoms. The lowest BCUT2D eigenvalue weighted by Gasteiger charge is -2.31. The number of nitrogens with one attached hydrogen (secondary N) is 1. The highest BCUT2D eigenvalue weighted by atomic mass is 16.2. The summed E-state index contributed by atoms with van der Waals surface area (Å²) in [5.74, 6) is 0.446. The van der Waals surface area contributed by atoms with E-state index >= 15 is 0 Å². The predicted octanol–water partition coefficient (Wildman–Crippen LogP) is 1.95. The van der Waals surface area contributed by atoms with Crippen LogP contribution in [0.2, 0.25) is 0 Å². The van der Waals surface area contributed by atoms with Gasteiger partial charge in [0, 0.05) is 26.1 Å².